The maximum absolute atomic E-state index is 16.5. The van der Waals surface area contributed by atoms with Gasteiger partial charge in [0.2, 0.25) is 5.91 Å². The fraction of sp³-hybridized carbons (Fsp3) is 0.500. The number of pyridine rings is 1. The number of halogens is 2. The lowest BCUT2D eigenvalue weighted by molar-refractivity contribution is -0.125. The lowest BCUT2D eigenvalue weighted by Gasteiger charge is -2.31. The van der Waals surface area contributed by atoms with E-state index in [9.17, 15) is 9.90 Å². The molecule has 3 saturated heterocycles. The number of phenols is 1. The number of anilines is 1. The molecule has 7 rings (SSSR count). The third kappa shape index (κ3) is 4.87. The van der Waals surface area contributed by atoms with Crippen molar-refractivity contribution in [2.45, 2.75) is 62.4 Å². The summed E-state index contributed by atoms with van der Waals surface area (Å²) in [7, 11) is 1.87. The van der Waals surface area contributed by atoms with Gasteiger partial charge in [-0.3, -0.25) is 14.7 Å². The molecule has 3 aromatic rings. The number of amides is 1. The first-order chi connectivity index (χ1) is 20.8. The van der Waals surface area contributed by atoms with Crippen LogP contribution in [0.5, 0.6) is 11.8 Å². The molecule has 0 radical (unpaired) electrons. The maximum atomic E-state index is 16.5. The minimum atomic E-state index is -0.720. The van der Waals surface area contributed by atoms with Crippen molar-refractivity contribution in [1.82, 2.24) is 24.8 Å². The molecular weight excluding hydrogens is 554 g/mol. The molecule has 5 heterocycles. The molecule has 1 atom stereocenters. The monoisotopic (exact) mass is 590 g/mol. The standard InChI is InChI=1S/C32H36F2N6O3/c1-3-25(42)39-13-8-20(17-39)38(2)30-23-16-35-28(22-14-21(41)15-24(33)26(22)19-6-7-19)27(34)29(23)36-31(37-30)43-18-32-9-4-11-40(32)12-5-10-32/h3,14-16,19-20,41H,1,4-13,17-18H2,2H3. The van der Waals surface area contributed by atoms with Crippen LogP contribution in [0.3, 0.4) is 0 Å². The molecule has 9 nitrogen and oxygen atoms in total. The number of ether oxygens (including phenoxy) is 1. The van der Waals surface area contributed by atoms with Crippen molar-refractivity contribution in [2.75, 3.05) is 44.7 Å². The van der Waals surface area contributed by atoms with Gasteiger partial charge in [-0.05, 0) is 76.1 Å². The normalized spacial score (nSPS) is 21.4. The molecule has 0 spiro atoms. The summed E-state index contributed by atoms with van der Waals surface area (Å²) in [6, 6.07) is 2.43. The highest BCUT2D eigenvalue weighted by Crippen LogP contribution is 2.47. The zero-order chi connectivity index (χ0) is 29.9. The molecule has 1 saturated carbocycles. The van der Waals surface area contributed by atoms with Crippen LogP contribution < -0.4 is 9.64 Å². The van der Waals surface area contributed by atoms with Crippen molar-refractivity contribution >= 4 is 22.6 Å². The van der Waals surface area contributed by atoms with Gasteiger partial charge >= 0.3 is 6.01 Å². The van der Waals surface area contributed by atoms with Gasteiger partial charge in [-0.2, -0.15) is 9.97 Å². The molecule has 43 heavy (non-hydrogen) atoms. The van der Waals surface area contributed by atoms with E-state index in [-0.39, 0.29) is 51.9 Å². The van der Waals surface area contributed by atoms with Gasteiger partial charge in [0.25, 0.3) is 0 Å². The van der Waals surface area contributed by atoms with Crippen LogP contribution in [-0.2, 0) is 4.79 Å². The highest BCUT2D eigenvalue weighted by Gasteiger charge is 2.45. The van der Waals surface area contributed by atoms with Gasteiger partial charge in [-0.25, -0.2) is 8.78 Å². The molecule has 0 bridgehead atoms. The van der Waals surface area contributed by atoms with E-state index >= 15 is 8.78 Å². The Balaban J connectivity index is 1.31. The van der Waals surface area contributed by atoms with E-state index in [2.05, 4.69) is 21.4 Å². The summed E-state index contributed by atoms with van der Waals surface area (Å²) < 4.78 is 37.8. The Morgan fingerprint density at radius 1 is 1.19 bits per heavy atom. The van der Waals surface area contributed by atoms with Crippen molar-refractivity contribution in [1.29, 1.82) is 0 Å². The quantitative estimate of drug-likeness (QED) is 0.375. The fourth-order valence-electron chi connectivity index (χ4n) is 7.35. The smallest absolute Gasteiger partial charge is 0.319 e. The molecule has 2 aromatic heterocycles. The average Bonchev–Trinajstić information content (AvgIpc) is 3.37. The van der Waals surface area contributed by atoms with Crippen LogP contribution in [0.1, 0.15) is 56.4 Å². The first kappa shape index (κ1) is 27.9. The van der Waals surface area contributed by atoms with Crippen LogP contribution in [0.2, 0.25) is 0 Å². The Bertz CT molecular complexity index is 1600. The predicted molar refractivity (Wildman–Crippen MR) is 158 cm³/mol. The molecule has 1 aromatic carbocycles. The molecule has 3 aliphatic heterocycles. The summed E-state index contributed by atoms with van der Waals surface area (Å²) in [5.74, 6) is -1.30. The Hall–Kier alpha value is -3.86. The fourth-order valence-corrected chi connectivity index (χ4v) is 7.35. The Kier molecular flexibility index (Phi) is 6.95. The van der Waals surface area contributed by atoms with Crippen LogP contribution in [-0.4, -0.2) is 87.2 Å². The lowest BCUT2D eigenvalue weighted by Crippen LogP contribution is -2.43. The van der Waals surface area contributed by atoms with E-state index < -0.39 is 11.6 Å². The van der Waals surface area contributed by atoms with Crippen molar-refractivity contribution < 1.29 is 23.4 Å². The number of carbonyl (C=O) groups is 1. The number of nitrogens with zero attached hydrogens (tertiary/aromatic N) is 6. The van der Waals surface area contributed by atoms with E-state index in [1.807, 2.05) is 11.9 Å². The first-order valence-electron chi connectivity index (χ1n) is 15.2. The van der Waals surface area contributed by atoms with Gasteiger partial charge < -0.3 is 19.6 Å². The summed E-state index contributed by atoms with van der Waals surface area (Å²) in [5, 5.41) is 10.6. The Labute approximate surface area is 249 Å². The van der Waals surface area contributed by atoms with E-state index in [0.717, 1.165) is 57.7 Å². The molecule has 4 fully saturated rings. The van der Waals surface area contributed by atoms with Gasteiger partial charge in [0.05, 0.1) is 10.9 Å². The van der Waals surface area contributed by atoms with Crippen molar-refractivity contribution in [3.8, 4) is 23.0 Å². The number of fused-ring (bicyclic) bond motifs is 2. The van der Waals surface area contributed by atoms with Gasteiger partial charge in [0, 0.05) is 49.6 Å². The number of hydrogen-bond acceptors (Lipinski definition) is 8. The zero-order valence-electron chi connectivity index (χ0n) is 24.4. The number of likely N-dealkylation sites (tertiary alicyclic amines) is 1. The number of rotatable bonds is 8. The summed E-state index contributed by atoms with van der Waals surface area (Å²) in [6.45, 7) is 7.16. The van der Waals surface area contributed by atoms with Gasteiger partial charge in [-0.15, -0.1) is 0 Å². The average molecular weight is 591 g/mol. The van der Waals surface area contributed by atoms with E-state index in [1.54, 1.807) is 4.90 Å². The number of hydrogen-bond donors (Lipinski definition) is 1. The molecular formula is C32H36F2N6O3. The van der Waals surface area contributed by atoms with Gasteiger partial charge in [0.1, 0.15) is 35.2 Å². The van der Waals surface area contributed by atoms with Crippen LogP contribution in [0.25, 0.3) is 22.2 Å². The molecule has 4 aliphatic rings. The first-order valence-corrected chi connectivity index (χ1v) is 15.2. The number of aromatic nitrogens is 3. The number of benzene rings is 1. The van der Waals surface area contributed by atoms with Gasteiger partial charge in [0.15, 0.2) is 5.82 Å². The van der Waals surface area contributed by atoms with Crippen molar-refractivity contribution in [3.05, 3.63) is 48.2 Å². The number of likely N-dealkylation sites (N-methyl/N-ethyl adjacent to an activating group) is 1. The van der Waals surface area contributed by atoms with E-state index in [0.29, 0.717) is 42.9 Å². The molecule has 226 valence electrons. The highest BCUT2D eigenvalue weighted by atomic mass is 19.1. The second-order valence-corrected chi connectivity index (χ2v) is 12.4. The predicted octanol–water partition coefficient (Wildman–Crippen LogP) is 4.78. The largest absolute Gasteiger partial charge is 0.508 e. The maximum Gasteiger partial charge on any atom is 0.319 e. The Morgan fingerprint density at radius 2 is 1.95 bits per heavy atom. The number of aromatic hydroxyl groups is 1. The summed E-state index contributed by atoms with van der Waals surface area (Å²) >= 11 is 0. The lowest BCUT2D eigenvalue weighted by atomic mass is 9.95. The topological polar surface area (TPSA) is 94.9 Å². The number of phenolic OH excluding ortho intramolecular Hbond substituents is 1. The zero-order valence-corrected chi connectivity index (χ0v) is 24.4. The van der Waals surface area contributed by atoms with E-state index in [1.165, 1.54) is 18.3 Å². The Morgan fingerprint density at radius 3 is 2.67 bits per heavy atom. The second kappa shape index (κ2) is 10.7. The van der Waals surface area contributed by atoms with Crippen LogP contribution >= 0.6 is 0 Å². The van der Waals surface area contributed by atoms with Crippen molar-refractivity contribution in [3.63, 3.8) is 0 Å². The molecule has 11 heteroatoms. The number of carbonyl (C=O) groups excluding carboxylic acids is 1. The molecule has 1 aliphatic carbocycles. The van der Waals surface area contributed by atoms with E-state index in [4.69, 9.17) is 9.72 Å². The van der Waals surface area contributed by atoms with Crippen LogP contribution in [0.4, 0.5) is 14.6 Å². The summed E-state index contributed by atoms with van der Waals surface area (Å²) in [4.78, 5) is 32.2. The highest BCUT2D eigenvalue weighted by molar-refractivity contribution is 5.92. The second-order valence-electron chi connectivity index (χ2n) is 12.4. The van der Waals surface area contributed by atoms with Gasteiger partial charge in [-0.1, -0.05) is 6.58 Å². The SMILES string of the molecule is C=CC(=O)N1CCC(N(C)c2nc(OCC34CCCN3CCC4)nc3c(F)c(-c4cc(O)cc(F)c4C4CC4)ncc23)C1. The minimum Gasteiger partial charge on any atom is -0.508 e. The molecule has 1 unspecified atom stereocenters. The van der Waals surface area contributed by atoms with Crippen LogP contribution in [0.15, 0.2) is 31.0 Å². The molecule has 1 amide bonds. The summed E-state index contributed by atoms with van der Waals surface area (Å²) in [6.07, 6.45) is 9.43. The van der Waals surface area contributed by atoms with Crippen molar-refractivity contribution in [2.24, 2.45) is 0 Å². The third-order valence-corrected chi connectivity index (χ3v) is 9.81. The van der Waals surface area contributed by atoms with Crippen LogP contribution in [0, 0.1) is 11.6 Å². The minimum absolute atomic E-state index is 0.0200. The third-order valence-electron chi connectivity index (χ3n) is 9.81. The molecule has 1 N–H and O–H groups in total. The summed E-state index contributed by atoms with van der Waals surface area (Å²) in [5.41, 5.74) is 0.498.